The molecule has 1 heterocycles. The molecular weight excluding hydrogens is 198 g/mol. The molecule has 1 aliphatic rings. The monoisotopic (exact) mass is 210 g/mol. The zero-order valence-electron chi connectivity index (χ0n) is 7.91. The van der Waals surface area contributed by atoms with Crippen LogP contribution >= 0.6 is 11.6 Å². The van der Waals surface area contributed by atoms with E-state index in [2.05, 4.69) is 5.32 Å². The summed E-state index contributed by atoms with van der Waals surface area (Å²) in [4.78, 5) is 0. The van der Waals surface area contributed by atoms with E-state index >= 15 is 0 Å². The number of hydrogen-bond acceptors (Lipinski definition) is 1. The van der Waals surface area contributed by atoms with Crippen molar-refractivity contribution >= 4 is 11.6 Å². The van der Waals surface area contributed by atoms with Crippen molar-refractivity contribution in [1.29, 1.82) is 0 Å². The summed E-state index contributed by atoms with van der Waals surface area (Å²) >= 11 is 5.80. The summed E-state index contributed by atoms with van der Waals surface area (Å²) in [5, 5.41) is 15.3. The molecule has 1 fully saturated rings. The first-order chi connectivity index (χ1) is 6.71. The van der Waals surface area contributed by atoms with Gasteiger partial charge in [0.05, 0.1) is 5.60 Å². The van der Waals surface area contributed by atoms with Gasteiger partial charge in [-0.15, -0.1) is 0 Å². The lowest BCUT2D eigenvalue weighted by molar-refractivity contribution is 0.00515. The number of hydrogen-bond donors (Lipinski definition) is 1. The van der Waals surface area contributed by atoms with Crippen LogP contribution in [0.1, 0.15) is 18.4 Å². The van der Waals surface area contributed by atoms with Crippen molar-refractivity contribution in [2.45, 2.75) is 18.4 Å². The van der Waals surface area contributed by atoms with Gasteiger partial charge in [-0.05, 0) is 30.5 Å². The van der Waals surface area contributed by atoms with E-state index in [1.54, 1.807) is 0 Å². The van der Waals surface area contributed by atoms with E-state index in [-0.39, 0.29) is 0 Å². The van der Waals surface area contributed by atoms with E-state index in [4.69, 9.17) is 11.6 Å². The Morgan fingerprint density at radius 1 is 1.14 bits per heavy atom. The Kier molecular flexibility index (Phi) is 2.77. The summed E-state index contributed by atoms with van der Waals surface area (Å²) in [6.07, 6.45) is 1.43. The topological polar surface area (TPSA) is 34.3 Å². The van der Waals surface area contributed by atoms with E-state index in [0.29, 0.717) is 17.9 Å². The molecule has 0 spiro atoms. The second-order valence-electron chi connectivity index (χ2n) is 3.71. The molecule has 1 saturated heterocycles. The number of halogens is 1. The SMILES string of the molecule is OC1(c2ccc(Cl)cc2)CC[N]CC1. The van der Waals surface area contributed by atoms with Crippen LogP contribution in [0.4, 0.5) is 0 Å². The first-order valence-corrected chi connectivity index (χ1v) is 5.20. The molecule has 3 heteroatoms. The van der Waals surface area contributed by atoms with E-state index in [1.165, 1.54) is 0 Å². The fourth-order valence-electron chi connectivity index (χ4n) is 1.81. The smallest absolute Gasteiger partial charge is 0.0922 e. The minimum Gasteiger partial charge on any atom is -0.385 e. The van der Waals surface area contributed by atoms with Gasteiger partial charge in [0.15, 0.2) is 0 Å². The van der Waals surface area contributed by atoms with Gasteiger partial charge in [0, 0.05) is 18.1 Å². The number of nitrogens with zero attached hydrogens (tertiary/aromatic N) is 1. The van der Waals surface area contributed by atoms with Crippen molar-refractivity contribution in [2.75, 3.05) is 13.1 Å². The highest BCUT2D eigenvalue weighted by Gasteiger charge is 2.31. The van der Waals surface area contributed by atoms with Crippen molar-refractivity contribution in [2.24, 2.45) is 0 Å². The number of piperidine rings is 1. The maximum atomic E-state index is 10.3. The van der Waals surface area contributed by atoms with Gasteiger partial charge in [-0.3, -0.25) is 0 Å². The lowest BCUT2D eigenvalue weighted by Gasteiger charge is -2.32. The molecule has 0 bridgehead atoms. The van der Waals surface area contributed by atoms with Gasteiger partial charge >= 0.3 is 0 Å². The molecule has 0 amide bonds. The van der Waals surface area contributed by atoms with E-state index in [1.807, 2.05) is 24.3 Å². The molecule has 0 atom stereocenters. The van der Waals surface area contributed by atoms with Gasteiger partial charge in [0.1, 0.15) is 0 Å². The normalized spacial score (nSPS) is 20.7. The molecule has 2 rings (SSSR count). The third-order valence-corrected chi connectivity index (χ3v) is 3.00. The molecule has 0 unspecified atom stereocenters. The van der Waals surface area contributed by atoms with Gasteiger partial charge in [-0.2, -0.15) is 0 Å². The quantitative estimate of drug-likeness (QED) is 0.755. The predicted octanol–water partition coefficient (Wildman–Crippen LogP) is 1.93. The van der Waals surface area contributed by atoms with Crippen molar-refractivity contribution in [1.82, 2.24) is 5.32 Å². The van der Waals surface area contributed by atoms with Crippen molar-refractivity contribution in [3.8, 4) is 0 Å². The minimum absolute atomic E-state index is 0.688. The van der Waals surface area contributed by atoms with Crippen LogP contribution in [0.5, 0.6) is 0 Å². The second-order valence-corrected chi connectivity index (χ2v) is 4.15. The Labute approximate surface area is 88.9 Å². The maximum absolute atomic E-state index is 10.3. The number of aliphatic hydroxyl groups is 1. The third-order valence-electron chi connectivity index (χ3n) is 2.75. The Morgan fingerprint density at radius 2 is 1.71 bits per heavy atom. The fourth-order valence-corrected chi connectivity index (χ4v) is 1.94. The summed E-state index contributed by atoms with van der Waals surface area (Å²) in [6.45, 7) is 1.50. The Morgan fingerprint density at radius 3 is 2.29 bits per heavy atom. The largest absolute Gasteiger partial charge is 0.385 e. The lowest BCUT2D eigenvalue weighted by atomic mass is 9.85. The van der Waals surface area contributed by atoms with Crippen LogP contribution < -0.4 is 5.32 Å². The van der Waals surface area contributed by atoms with Crippen LogP contribution in [0.15, 0.2) is 24.3 Å². The molecule has 75 valence electrons. The molecule has 0 aliphatic carbocycles. The van der Waals surface area contributed by atoms with Crippen LogP contribution in [-0.2, 0) is 5.60 Å². The van der Waals surface area contributed by atoms with Crippen LogP contribution in [-0.4, -0.2) is 18.2 Å². The highest BCUT2D eigenvalue weighted by Crippen LogP contribution is 2.31. The highest BCUT2D eigenvalue weighted by molar-refractivity contribution is 6.30. The van der Waals surface area contributed by atoms with Gasteiger partial charge in [0.2, 0.25) is 0 Å². The summed E-state index contributed by atoms with van der Waals surface area (Å²) in [6, 6.07) is 7.43. The molecule has 14 heavy (non-hydrogen) atoms. The number of rotatable bonds is 1. The lowest BCUT2D eigenvalue weighted by Crippen LogP contribution is -2.36. The van der Waals surface area contributed by atoms with Crippen LogP contribution in [0.3, 0.4) is 0 Å². The molecule has 1 radical (unpaired) electrons. The van der Waals surface area contributed by atoms with Crippen LogP contribution in [0.2, 0.25) is 5.02 Å². The average Bonchev–Trinajstić information content (AvgIpc) is 2.19. The zero-order chi connectivity index (χ0) is 10.0. The third kappa shape index (κ3) is 1.92. The Hall–Kier alpha value is -0.570. The first-order valence-electron chi connectivity index (χ1n) is 4.82. The Balaban J connectivity index is 2.23. The van der Waals surface area contributed by atoms with Crippen molar-refractivity contribution in [3.63, 3.8) is 0 Å². The summed E-state index contributed by atoms with van der Waals surface area (Å²) in [7, 11) is 0. The Bertz CT molecular complexity index is 304. The highest BCUT2D eigenvalue weighted by atomic mass is 35.5. The fraction of sp³-hybridized carbons (Fsp3) is 0.455. The average molecular weight is 211 g/mol. The van der Waals surface area contributed by atoms with E-state index < -0.39 is 5.60 Å². The summed E-state index contributed by atoms with van der Waals surface area (Å²) in [5.74, 6) is 0. The summed E-state index contributed by atoms with van der Waals surface area (Å²) in [5.41, 5.74) is 0.267. The van der Waals surface area contributed by atoms with E-state index in [9.17, 15) is 5.11 Å². The van der Waals surface area contributed by atoms with Crippen molar-refractivity contribution < 1.29 is 5.11 Å². The molecule has 2 nitrogen and oxygen atoms in total. The molecule has 1 aromatic carbocycles. The van der Waals surface area contributed by atoms with Gasteiger partial charge in [0.25, 0.3) is 0 Å². The molecular formula is C11H13ClNO. The van der Waals surface area contributed by atoms with Crippen LogP contribution in [0.25, 0.3) is 0 Å². The van der Waals surface area contributed by atoms with Gasteiger partial charge in [-0.1, -0.05) is 23.7 Å². The maximum Gasteiger partial charge on any atom is 0.0922 e. The molecule has 1 aliphatic heterocycles. The molecule has 0 aromatic heterocycles. The first kappa shape index (κ1) is 9.97. The molecule has 1 N–H and O–H groups in total. The second kappa shape index (κ2) is 3.89. The standard InChI is InChI=1S/C11H13ClNO/c12-10-3-1-9(2-4-10)11(14)5-7-13-8-6-11/h1-4,14H,5-8H2. The predicted molar refractivity (Wildman–Crippen MR) is 56.5 cm³/mol. The van der Waals surface area contributed by atoms with Crippen LogP contribution in [0, 0.1) is 0 Å². The number of benzene rings is 1. The van der Waals surface area contributed by atoms with E-state index in [0.717, 1.165) is 18.7 Å². The van der Waals surface area contributed by atoms with Gasteiger partial charge < -0.3 is 5.11 Å². The minimum atomic E-state index is -0.688. The molecule has 1 aromatic rings. The summed E-state index contributed by atoms with van der Waals surface area (Å²) < 4.78 is 0. The van der Waals surface area contributed by atoms with Gasteiger partial charge in [-0.25, -0.2) is 5.32 Å². The molecule has 0 saturated carbocycles. The van der Waals surface area contributed by atoms with Crippen molar-refractivity contribution in [3.05, 3.63) is 34.9 Å². The zero-order valence-corrected chi connectivity index (χ0v) is 8.67.